The first-order valence-corrected chi connectivity index (χ1v) is 4.28. The molecule has 2 heteroatoms. The Morgan fingerprint density at radius 3 is 1.64 bits per heavy atom. The molecule has 0 saturated heterocycles. The zero-order chi connectivity index (χ0) is 9.23. The molecule has 2 unspecified atom stereocenters. The Balaban J connectivity index is 4.29. The monoisotopic (exact) mass is 159 g/mol. The van der Waals surface area contributed by atoms with Gasteiger partial charge in [0.05, 0.1) is 5.60 Å². The van der Waals surface area contributed by atoms with Crippen molar-refractivity contribution in [2.24, 2.45) is 17.6 Å². The minimum Gasteiger partial charge on any atom is -0.388 e. The van der Waals surface area contributed by atoms with Crippen molar-refractivity contribution in [3.8, 4) is 0 Å². The fourth-order valence-corrected chi connectivity index (χ4v) is 1.06. The van der Waals surface area contributed by atoms with Gasteiger partial charge in [-0.25, -0.2) is 0 Å². The van der Waals surface area contributed by atoms with Crippen LogP contribution in [0.1, 0.15) is 34.6 Å². The van der Waals surface area contributed by atoms with Crippen molar-refractivity contribution in [2.45, 2.75) is 46.3 Å². The van der Waals surface area contributed by atoms with Gasteiger partial charge in [-0.05, 0) is 18.8 Å². The Bertz CT molecular complexity index is 119. The number of rotatable bonds is 3. The summed E-state index contributed by atoms with van der Waals surface area (Å²) in [7, 11) is 0. The second-order valence-corrected chi connectivity index (χ2v) is 4.15. The Labute approximate surface area is 69.8 Å². The van der Waals surface area contributed by atoms with Crippen LogP contribution < -0.4 is 5.73 Å². The van der Waals surface area contributed by atoms with Gasteiger partial charge in [0, 0.05) is 6.04 Å². The minimum atomic E-state index is -0.742. The van der Waals surface area contributed by atoms with Gasteiger partial charge in [0.1, 0.15) is 0 Å². The molecule has 0 fully saturated rings. The molecule has 0 aliphatic carbocycles. The number of nitrogens with two attached hydrogens (primary N) is 1. The normalized spacial score (nSPS) is 20.5. The second-order valence-electron chi connectivity index (χ2n) is 4.15. The molecule has 0 rings (SSSR count). The van der Waals surface area contributed by atoms with Crippen LogP contribution in [0.15, 0.2) is 0 Å². The van der Waals surface area contributed by atoms with Crippen LogP contribution in [0.4, 0.5) is 0 Å². The molecule has 0 heterocycles. The van der Waals surface area contributed by atoms with E-state index >= 15 is 0 Å². The largest absolute Gasteiger partial charge is 0.388 e. The Kier molecular flexibility index (Phi) is 3.52. The Hall–Kier alpha value is -0.0800. The molecule has 0 aromatic heterocycles. The van der Waals surface area contributed by atoms with Crippen molar-refractivity contribution in [3.05, 3.63) is 0 Å². The van der Waals surface area contributed by atoms with E-state index in [0.29, 0.717) is 5.92 Å². The maximum atomic E-state index is 9.91. The molecule has 0 radical (unpaired) electrons. The summed E-state index contributed by atoms with van der Waals surface area (Å²) in [6, 6.07) is -0.137. The smallest absolute Gasteiger partial charge is 0.0795 e. The third kappa shape index (κ3) is 2.46. The average molecular weight is 159 g/mol. The van der Waals surface area contributed by atoms with E-state index < -0.39 is 5.60 Å². The van der Waals surface area contributed by atoms with Crippen molar-refractivity contribution in [3.63, 3.8) is 0 Å². The molecule has 3 N–H and O–H groups in total. The molecular weight excluding hydrogens is 138 g/mol. The highest BCUT2D eigenvalue weighted by atomic mass is 16.3. The Morgan fingerprint density at radius 2 is 1.55 bits per heavy atom. The van der Waals surface area contributed by atoms with E-state index in [4.69, 9.17) is 5.73 Å². The van der Waals surface area contributed by atoms with E-state index in [-0.39, 0.29) is 12.0 Å². The number of aliphatic hydroxyl groups is 1. The molecule has 2 atom stereocenters. The molecule has 0 saturated carbocycles. The van der Waals surface area contributed by atoms with Gasteiger partial charge in [-0.1, -0.05) is 27.7 Å². The predicted molar refractivity (Wildman–Crippen MR) is 48.3 cm³/mol. The summed E-state index contributed by atoms with van der Waals surface area (Å²) >= 11 is 0. The van der Waals surface area contributed by atoms with Crippen LogP contribution in [-0.4, -0.2) is 16.7 Å². The quantitative estimate of drug-likeness (QED) is 0.653. The van der Waals surface area contributed by atoms with Crippen LogP contribution in [0, 0.1) is 11.8 Å². The number of hydrogen-bond acceptors (Lipinski definition) is 2. The lowest BCUT2D eigenvalue weighted by Crippen LogP contribution is -2.52. The minimum absolute atomic E-state index is 0.137. The highest BCUT2D eigenvalue weighted by molar-refractivity contribution is 4.89. The maximum absolute atomic E-state index is 9.91. The molecule has 0 bridgehead atoms. The van der Waals surface area contributed by atoms with Gasteiger partial charge < -0.3 is 10.8 Å². The first kappa shape index (κ1) is 10.9. The van der Waals surface area contributed by atoms with Crippen molar-refractivity contribution >= 4 is 0 Å². The first-order valence-electron chi connectivity index (χ1n) is 4.28. The molecular formula is C9H21NO. The summed E-state index contributed by atoms with van der Waals surface area (Å²) in [5.41, 5.74) is 5.10. The molecule has 68 valence electrons. The summed E-state index contributed by atoms with van der Waals surface area (Å²) < 4.78 is 0. The summed E-state index contributed by atoms with van der Waals surface area (Å²) in [6.45, 7) is 9.84. The van der Waals surface area contributed by atoms with Gasteiger partial charge in [-0.2, -0.15) is 0 Å². The molecule has 0 amide bonds. The molecule has 0 aliphatic rings. The second kappa shape index (κ2) is 3.55. The molecule has 11 heavy (non-hydrogen) atoms. The van der Waals surface area contributed by atoms with Crippen LogP contribution >= 0.6 is 0 Å². The van der Waals surface area contributed by atoms with Crippen molar-refractivity contribution in [1.29, 1.82) is 0 Å². The van der Waals surface area contributed by atoms with E-state index in [0.717, 1.165) is 0 Å². The van der Waals surface area contributed by atoms with E-state index in [9.17, 15) is 5.11 Å². The fraction of sp³-hybridized carbons (Fsp3) is 1.00. The van der Waals surface area contributed by atoms with Gasteiger partial charge in [-0.15, -0.1) is 0 Å². The van der Waals surface area contributed by atoms with E-state index in [2.05, 4.69) is 0 Å². The zero-order valence-electron chi connectivity index (χ0n) is 8.26. The third-order valence-electron chi connectivity index (χ3n) is 2.56. The van der Waals surface area contributed by atoms with Gasteiger partial charge in [0.2, 0.25) is 0 Å². The Morgan fingerprint density at radius 1 is 1.18 bits per heavy atom. The lowest BCUT2D eigenvalue weighted by molar-refractivity contribution is -0.0236. The van der Waals surface area contributed by atoms with E-state index in [1.54, 1.807) is 0 Å². The summed E-state index contributed by atoms with van der Waals surface area (Å²) in [5.74, 6) is 0.535. The van der Waals surface area contributed by atoms with Crippen LogP contribution in [0.25, 0.3) is 0 Å². The topological polar surface area (TPSA) is 46.2 Å². The third-order valence-corrected chi connectivity index (χ3v) is 2.56. The maximum Gasteiger partial charge on any atom is 0.0795 e. The van der Waals surface area contributed by atoms with Crippen molar-refractivity contribution in [2.75, 3.05) is 0 Å². The lowest BCUT2D eigenvalue weighted by atomic mass is 9.80. The van der Waals surface area contributed by atoms with Crippen LogP contribution in [0.5, 0.6) is 0 Å². The van der Waals surface area contributed by atoms with Gasteiger partial charge in [-0.3, -0.25) is 0 Å². The fourth-order valence-electron chi connectivity index (χ4n) is 1.06. The lowest BCUT2D eigenvalue weighted by Gasteiger charge is -2.36. The first-order chi connectivity index (χ1) is 4.80. The highest BCUT2D eigenvalue weighted by Crippen LogP contribution is 2.23. The van der Waals surface area contributed by atoms with Crippen molar-refractivity contribution in [1.82, 2.24) is 0 Å². The number of hydrogen-bond donors (Lipinski definition) is 2. The average Bonchev–Trinajstić information content (AvgIpc) is 1.85. The highest BCUT2D eigenvalue weighted by Gasteiger charge is 2.33. The van der Waals surface area contributed by atoms with Crippen molar-refractivity contribution < 1.29 is 5.11 Å². The molecule has 0 spiro atoms. The van der Waals surface area contributed by atoms with Crippen LogP contribution in [0.2, 0.25) is 0 Å². The molecule has 0 aromatic rings. The SMILES string of the molecule is CC(C)C(N)C(C)(O)C(C)C. The summed E-state index contributed by atoms with van der Waals surface area (Å²) in [5, 5.41) is 9.91. The van der Waals surface area contributed by atoms with E-state index in [1.165, 1.54) is 0 Å². The van der Waals surface area contributed by atoms with Gasteiger partial charge in [0.25, 0.3) is 0 Å². The van der Waals surface area contributed by atoms with Crippen LogP contribution in [0.3, 0.4) is 0 Å². The van der Waals surface area contributed by atoms with Gasteiger partial charge >= 0.3 is 0 Å². The molecule has 0 aromatic carbocycles. The van der Waals surface area contributed by atoms with E-state index in [1.807, 2.05) is 34.6 Å². The predicted octanol–water partition coefficient (Wildman–Crippen LogP) is 1.38. The molecule has 2 nitrogen and oxygen atoms in total. The summed E-state index contributed by atoms with van der Waals surface area (Å²) in [6.07, 6.45) is 0. The molecule has 0 aliphatic heterocycles. The zero-order valence-corrected chi connectivity index (χ0v) is 8.26. The summed E-state index contributed by atoms with van der Waals surface area (Å²) in [4.78, 5) is 0. The standard InChI is InChI=1S/C9H21NO/c1-6(2)8(10)9(5,11)7(3)4/h6-8,11H,10H2,1-5H3. The van der Waals surface area contributed by atoms with Crippen LogP contribution in [-0.2, 0) is 0 Å². The van der Waals surface area contributed by atoms with Gasteiger partial charge in [0.15, 0.2) is 0 Å².